The van der Waals surface area contributed by atoms with Crippen molar-refractivity contribution < 1.29 is 22.8 Å². The van der Waals surface area contributed by atoms with Gasteiger partial charge in [0.2, 0.25) is 5.91 Å². The minimum absolute atomic E-state index is 0.0323. The van der Waals surface area contributed by atoms with Gasteiger partial charge in [-0.2, -0.15) is 0 Å². The monoisotopic (exact) mass is 587 g/mol. The van der Waals surface area contributed by atoms with E-state index in [1.54, 1.807) is 57.6 Å². The number of hydrogen-bond donors (Lipinski definition) is 1. The minimum atomic E-state index is -3.91. The standard InChI is InChI=1S/C31H33N5O5S/c1-21-17-25(40-3)18-22(2)30(21)42(38,39)34-26-6-4-5-24-9-14-36(29(24)26)20-28(37)35-15-10-31(11-16-35)19-27(33-41-31)23-7-12-32-13-8-23/h4-9,12-14,17-18,34H,10-11,15-16,19-20H2,1-3H3. The van der Waals surface area contributed by atoms with Gasteiger partial charge in [0.15, 0.2) is 0 Å². The molecule has 1 saturated heterocycles. The number of amides is 1. The Morgan fingerprint density at radius 3 is 2.48 bits per heavy atom. The van der Waals surface area contributed by atoms with E-state index >= 15 is 0 Å². The van der Waals surface area contributed by atoms with Crippen molar-refractivity contribution in [1.29, 1.82) is 0 Å². The van der Waals surface area contributed by atoms with Crippen LogP contribution in [0.1, 0.15) is 36.0 Å². The van der Waals surface area contributed by atoms with E-state index < -0.39 is 15.6 Å². The Hall–Kier alpha value is -4.38. The van der Waals surface area contributed by atoms with Crippen molar-refractivity contribution in [3.8, 4) is 5.75 Å². The summed E-state index contributed by atoms with van der Waals surface area (Å²) >= 11 is 0. The smallest absolute Gasteiger partial charge is 0.262 e. The molecule has 1 fully saturated rings. The normalized spacial score (nSPS) is 16.4. The Labute approximate surface area is 245 Å². The van der Waals surface area contributed by atoms with Crippen LogP contribution in [0.15, 0.2) is 77.2 Å². The fourth-order valence-corrected chi connectivity index (χ4v) is 7.54. The van der Waals surface area contributed by atoms with E-state index in [0.29, 0.717) is 60.4 Å². The number of anilines is 1. The number of methoxy groups -OCH3 is 1. The minimum Gasteiger partial charge on any atom is -0.497 e. The van der Waals surface area contributed by atoms with Crippen LogP contribution in [0, 0.1) is 13.8 Å². The second-order valence-corrected chi connectivity index (χ2v) is 12.6. The first-order chi connectivity index (χ1) is 20.2. The number of aromatic nitrogens is 2. The van der Waals surface area contributed by atoms with Crippen molar-refractivity contribution >= 4 is 38.2 Å². The van der Waals surface area contributed by atoms with Crippen LogP contribution in [0.2, 0.25) is 0 Å². The van der Waals surface area contributed by atoms with Crippen LogP contribution in [0.25, 0.3) is 10.9 Å². The number of carbonyl (C=O) groups is 1. The average molecular weight is 588 g/mol. The topological polar surface area (TPSA) is 115 Å². The number of sulfonamides is 1. The molecule has 42 heavy (non-hydrogen) atoms. The first-order valence-corrected chi connectivity index (χ1v) is 15.4. The number of rotatable bonds is 7. The highest BCUT2D eigenvalue weighted by Gasteiger charge is 2.43. The zero-order valence-corrected chi connectivity index (χ0v) is 24.6. The van der Waals surface area contributed by atoms with Crippen molar-refractivity contribution in [2.45, 2.75) is 50.2 Å². The molecule has 0 aliphatic carbocycles. The molecule has 0 unspecified atom stereocenters. The van der Waals surface area contributed by atoms with Gasteiger partial charge in [0.25, 0.3) is 10.0 Å². The number of nitrogens with one attached hydrogen (secondary N) is 1. The molecule has 2 aliphatic heterocycles. The quantitative estimate of drug-likeness (QED) is 0.337. The van der Waals surface area contributed by atoms with E-state index in [-0.39, 0.29) is 17.3 Å². The number of likely N-dealkylation sites (tertiary alicyclic amines) is 1. The Morgan fingerprint density at radius 2 is 1.79 bits per heavy atom. The summed E-state index contributed by atoms with van der Waals surface area (Å²) in [5, 5.41) is 5.18. The highest BCUT2D eigenvalue weighted by Crippen LogP contribution is 2.36. The lowest BCUT2D eigenvalue weighted by atomic mass is 9.85. The van der Waals surface area contributed by atoms with E-state index in [9.17, 15) is 13.2 Å². The number of pyridine rings is 1. The van der Waals surface area contributed by atoms with E-state index in [0.717, 1.165) is 16.7 Å². The van der Waals surface area contributed by atoms with Gasteiger partial charge in [0.1, 0.15) is 17.9 Å². The van der Waals surface area contributed by atoms with Crippen LogP contribution >= 0.6 is 0 Å². The van der Waals surface area contributed by atoms with Gasteiger partial charge in [0.05, 0.1) is 28.9 Å². The van der Waals surface area contributed by atoms with Crippen molar-refractivity contribution in [3.05, 3.63) is 83.8 Å². The third-order valence-electron chi connectivity index (χ3n) is 8.16. The Kier molecular flexibility index (Phi) is 7.14. The summed E-state index contributed by atoms with van der Waals surface area (Å²) in [7, 11) is -2.36. The van der Waals surface area contributed by atoms with Crippen LogP contribution in [0.3, 0.4) is 0 Å². The number of fused-ring (bicyclic) bond motifs is 1. The highest BCUT2D eigenvalue weighted by atomic mass is 32.2. The number of para-hydroxylation sites is 1. The summed E-state index contributed by atoms with van der Waals surface area (Å²) in [6, 6.07) is 14.6. The van der Waals surface area contributed by atoms with Gasteiger partial charge in [-0.25, -0.2) is 8.42 Å². The molecule has 0 saturated carbocycles. The molecule has 1 N–H and O–H groups in total. The molecule has 2 aromatic carbocycles. The Bertz CT molecular complexity index is 1770. The second kappa shape index (κ2) is 10.8. The number of piperidine rings is 1. The highest BCUT2D eigenvalue weighted by molar-refractivity contribution is 7.92. The van der Waals surface area contributed by atoms with E-state index in [2.05, 4.69) is 14.9 Å². The maximum atomic E-state index is 13.6. The number of carbonyl (C=O) groups excluding carboxylic acids is 1. The largest absolute Gasteiger partial charge is 0.497 e. The molecule has 1 amide bonds. The van der Waals surface area contributed by atoms with Crippen LogP contribution in [0.5, 0.6) is 5.75 Å². The van der Waals surface area contributed by atoms with Crippen LogP contribution in [-0.4, -0.2) is 60.3 Å². The van der Waals surface area contributed by atoms with Gasteiger partial charge in [-0.3, -0.25) is 14.5 Å². The van der Waals surface area contributed by atoms with E-state index in [1.807, 2.05) is 39.9 Å². The molecule has 4 heterocycles. The third kappa shape index (κ3) is 5.20. The van der Waals surface area contributed by atoms with Gasteiger partial charge < -0.3 is 19.0 Å². The lowest BCUT2D eigenvalue weighted by molar-refractivity contribution is -0.137. The van der Waals surface area contributed by atoms with Crippen LogP contribution in [-0.2, 0) is 26.2 Å². The average Bonchev–Trinajstić information content (AvgIpc) is 3.58. The third-order valence-corrected chi connectivity index (χ3v) is 9.83. The molecule has 0 atom stereocenters. The molecule has 4 aromatic rings. The molecule has 2 aromatic heterocycles. The molecular weight excluding hydrogens is 554 g/mol. The molecular formula is C31H33N5O5S. The SMILES string of the molecule is COc1cc(C)c(S(=O)(=O)Nc2cccc3ccn(CC(=O)N4CCC5(CC4)CC(c4ccncc4)=NO5)c23)c(C)c1. The number of oxime groups is 1. The number of nitrogens with zero attached hydrogens (tertiary/aromatic N) is 4. The first kappa shape index (κ1) is 27.8. The maximum Gasteiger partial charge on any atom is 0.262 e. The summed E-state index contributed by atoms with van der Waals surface area (Å²) in [5.41, 5.74) is 3.76. The van der Waals surface area contributed by atoms with Crippen LogP contribution in [0.4, 0.5) is 5.69 Å². The molecule has 0 radical (unpaired) electrons. The fraction of sp³-hybridized carbons (Fsp3) is 0.323. The van der Waals surface area contributed by atoms with Crippen LogP contribution < -0.4 is 9.46 Å². The van der Waals surface area contributed by atoms with E-state index in [4.69, 9.17) is 9.57 Å². The predicted octanol–water partition coefficient (Wildman–Crippen LogP) is 4.65. The van der Waals surface area contributed by atoms with Crippen molar-refractivity contribution in [2.24, 2.45) is 5.16 Å². The molecule has 2 aliphatic rings. The maximum absolute atomic E-state index is 13.6. The van der Waals surface area contributed by atoms with Gasteiger partial charge >= 0.3 is 0 Å². The molecule has 6 rings (SSSR count). The van der Waals surface area contributed by atoms with Gasteiger partial charge in [-0.15, -0.1) is 0 Å². The van der Waals surface area contributed by atoms with Crippen molar-refractivity contribution in [1.82, 2.24) is 14.5 Å². The summed E-state index contributed by atoms with van der Waals surface area (Å²) in [6.45, 7) is 4.71. The Balaban J connectivity index is 1.17. The van der Waals surface area contributed by atoms with Crippen molar-refractivity contribution in [3.63, 3.8) is 0 Å². The van der Waals surface area contributed by atoms with Gasteiger partial charge in [0, 0.05) is 61.9 Å². The van der Waals surface area contributed by atoms with Crippen molar-refractivity contribution in [2.75, 3.05) is 24.9 Å². The van der Waals surface area contributed by atoms with Gasteiger partial charge in [-0.1, -0.05) is 17.3 Å². The lowest BCUT2D eigenvalue weighted by Gasteiger charge is -2.37. The number of ether oxygens (including phenoxy) is 1. The van der Waals surface area contributed by atoms with E-state index in [1.165, 1.54) is 0 Å². The second-order valence-electron chi connectivity index (χ2n) is 11.0. The molecule has 0 bridgehead atoms. The first-order valence-electron chi connectivity index (χ1n) is 13.9. The molecule has 10 nitrogen and oxygen atoms in total. The summed E-state index contributed by atoms with van der Waals surface area (Å²) in [6.07, 6.45) is 7.39. The zero-order chi connectivity index (χ0) is 29.5. The van der Waals surface area contributed by atoms with Gasteiger partial charge in [-0.05, 0) is 61.4 Å². The molecule has 11 heteroatoms. The number of aryl methyl sites for hydroxylation is 2. The summed E-state index contributed by atoms with van der Waals surface area (Å²) in [4.78, 5) is 25.5. The number of benzene rings is 2. The molecule has 1 spiro atoms. The fourth-order valence-electron chi connectivity index (χ4n) is 6.02. The zero-order valence-electron chi connectivity index (χ0n) is 23.8. The number of hydrogen-bond acceptors (Lipinski definition) is 7. The lowest BCUT2D eigenvalue weighted by Crippen LogP contribution is -2.47. The summed E-state index contributed by atoms with van der Waals surface area (Å²) in [5.74, 6) is 0.568. The Morgan fingerprint density at radius 1 is 1.07 bits per heavy atom. The molecule has 218 valence electrons. The predicted molar refractivity (Wildman–Crippen MR) is 160 cm³/mol. The summed E-state index contributed by atoms with van der Waals surface area (Å²) < 4.78 is 37.0.